The van der Waals surface area contributed by atoms with Crippen molar-refractivity contribution in [1.82, 2.24) is 4.83 Å². The van der Waals surface area contributed by atoms with Crippen molar-refractivity contribution in [2.24, 2.45) is 0 Å². The molecule has 0 aromatic heterocycles. The van der Waals surface area contributed by atoms with Crippen molar-refractivity contribution >= 4 is 28.6 Å². The summed E-state index contributed by atoms with van der Waals surface area (Å²) in [5, 5.41) is 2.32. The van der Waals surface area contributed by atoms with Crippen LogP contribution in [0.1, 0.15) is 11.1 Å². The number of fused-ring (bicyclic) bond motifs is 1. The van der Waals surface area contributed by atoms with Gasteiger partial charge in [-0.25, -0.2) is 0 Å². The minimum absolute atomic E-state index is 0.643. The first-order valence-electron chi connectivity index (χ1n) is 4.50. The highest BCUT2D eigenvalue weighted by Gasteiger charge is 2.21. The maximum atomic E-state index is 10.6. The Hall–Kier alpha value is -0.620. The lowest BCUT2D eigenvalue weighted by Crippen LogP contribution is -2.38. The van der Waals surface area contributed by atoms with Crippen LogP contribution in [0.2, 0.25) is 5.02 Å². The van der Waals surface area contributed by atoms with Gasteiger partial charge in [0.1, 0.15) is 0 Å². The van der Waals surface area contributed by atoms with Crippen LogP contribution in [0.15, 0.2) is 12.1 Å². The molecule has 1 aliphatic heterocycles. The highest BCUT2D eigenvalue weighted by atomic mass is 35.5. The Balaban J connectivity index is 2.37. The fraction of sp³-hybridized carbons (Fsp3) is 0.333. The van der Waals surface area contributed by atoms with E-state index in [9.17, 15) is 8.76 Å². The van der Waals surface area contributed by atoms with E-state index in [0.29, 0.717) is 11.6 Å². The topological polar surface area (TPSA) is 55.4 Å². The van der Waals surface area contributed by atoms with Crippen LogP contribution in [0, 0.1) is 6.92 Å². The van der Waals surface area contributed by atoms with Crippen LogP contribution in [0.5, 0.6) is 0 Å². The molecule has 0 spiro atoms. The predicted molar refractivity (Wildman–Crippen MR) is 59.3 cm³/mol. The molecule has 4 nitrogen and oxygen atoms in total. The molecule has 0 radical (unpaired) electrons. The SMILES string of the molecule is Cc1cc(Cl)cc2c1N(NS(=O)[O-])CC2. The highest BCUT2D eigenvalue weighted by molar-refractivity contribution is 7.77. The molecule has 1 aromatic carbocycles. The third kappa shape index (κ3) is 2.15. The normalized spacial score (nSPS) is 16.6. The van der Waals surface area contributed by atoms with Crippen molar-refractivity contribution in [2.75, 3.05) is 11.6 Å². The Labute approximate surface area is 95.6 Å². The van der Waals surface area contributed by atoms with E-state index in [-0.39, 0.29) is 0 Å². The lowest BCUT2D eigenvalue weighted by molar-refractivity contribution is 0.520. The van der Waals surface area contributed by atoms with Crippen LogP contribution >= 0.6 is 11.6 Å². The van der Waals surface area contributed by atoms with Crippen molar-refractivity contribution < 1.29 is 8.76 Å². The Morgan fingerprint density at radius 1 is 1.60 bits per heavy atom. The maximum Gasteiger partial charge on any atom is 0.0592 e. The molecule has 1 aliphatic rings. The van der Waals surface area contributed by atoms with Gasteiger partial charge in [0.05, 0.1) is 5.69 Å². The number of nitrogens with zero attached hydrogens (tertiary/aromatic N) is 1. The fourth-order valence-electron chi connectivity index (χ4n) is 1.91. The van der Waals surface area contributed by atoms with Crippen LogP contribution in [-0.4, -0.2) is 15.3 Å². The van der Waals surface area contributed by atoms with Gasteiger partial charge in [-0.2, -0.15) is 4.83 Å². The number of benzene rings is 1. The molecular weight excluding hydrogens is 236 g/mol. The number of aryl methyl sites for hydroxylation is 1. The molecule has 15 heavy (non-hydrogen) atoms. The van der Waals surface area contributed by atoms with Gasteiger partial charge in [-0.15, -0.1) is 0 Å². The van der Waals surface area contributed by atoms with Crippen molar-refractivity contribution in [3.05, 3.63) is 28.3 Å². The van der Waals surface area contributed by atoms with Crippen LogP contribution in [-0.2, 0) is 17.7 Å². The number of rotatable bonds is 2. The zero-order chi connectivity index (χ0) is 11.0. The van der Waals surface area contributed by atoms with E-state index < -0.39 is 11.3 Å². The van der Waals surface area contributed by atoms with E-state index in [1.54, 1.807) is 5.01 Å². The third-order valence-electron chi connectivity index (χ3n) is 2.40. The summed E-state index contributed by atoms with van der Waals surface area (Å²) in [4.78, 5) is 2.37. The van der Waals surface area contributed by atoms with Crippen LogP contribution in [0.25, 0.3) is 0 Å². The highest BCUT2D eigenvalue weighted by Crippen LogP contribution is 2.32. The van der Waals surface area contributed by atoms with Gasteiger partial charge < -0.3 is 4.55 Å². The van der Waals surface area contributed by atoms with Gasteiger partial charge in [0.15, 0.2) is 0 Å². The minimum atomic E-state index is -2.28. The van der Waals surface area contributed by atoms with Crippen molar-refractivity contribution in [3.8, 4) is 0 Å². The van der Waals surface area contributed by atoms with Gasteiger partial charge in [-0.05, 0) is 36.6 Å². The number of halogens is 1. The Morgan fingerprint density at radius 2 is 2.33 bits per heavy atom. The zero-order valence-corrected chi connectivity index (χ0v) is 9.69. The van der Waals surface area contributed by atoms with E-state index in [2.05, 4.69) is 4.83 Å². The second kappa shape index (κ2) is 4.09. The summed E-state index contributed by atoms with van der Waals surface area (Å²) >= 11 is 3.64. The molecule has 1 aromatic rings. The van der Waals surface area contributed by atoms with Crippen LogP contribution in [0.3, 0.4) is 0 Å². The molecule has 0 saturated carbocycles. The largest absolute Gasteiger partial charge is 0.759 e. The summed E-state index contributed by atoms with van der Waals surface area (Å²) < 4.78 is 21.1. The standard InChI is InChI=1S/C9H11ClN2O2S/c1-6-4-8(10)5-7-2-3-12(9(6)7)11-15(13)14/h4-5,11H,2-3H2,1H3,(H,13,14)/p-1. The van der Waals surface area contributed by atoms with Gasteiger partial charge in [-0.3, -0.25) is 9.22 Å². The Morgan fingerprint density at radius 3 is 3.00 bits per heavy atom. The molecule has 0 fully saturated rings. The van der Waals surface area contributed by atoms with Gasteiger partial charge >= 0.3 is 0 Å². The van der Waals surface area contributed by atoms with Crippen LogP contribution in [0.4, 0.5) is 5.69 Å². The lowest BCUT2D eigenvalue weighted by atomic mass is 10.1. The van der Waals surface area contributed by atoms with E-state index >= 15 is 0 Å². The summed E-state index contributed by atoms with van der Waals surface area (Å²) in [6.45, 7) is 2.56. The van der Waals surface area contributed by atoms with Gasteiger partial charge in [-0.1, -0.05) is 11.6 Å². The molecule has 0 aliphatic carbocycles. The number of hydrazine groups is 1. The van der Waals surface area contributed by atoms with Gasteiger partial charge in [0.25, 0.3) is 0 Å². The first-order chi connectivity index (χ1) is 7.08. The number of hydrogen-bond acceptors (Lipinski definition) is 3. The number of nitrogens with one attached hydrogen (secondary N) is 1. The quantitative estimate of drug-likeness (QED) is 0.800. The molecule has 1 N–H and O–H groups in total. The molecule has 1 unspecified atom stereocenters. The van der Waals surface area contributed by atoms with E-state index in [0.717, 1.165) is 23.2 Å². The molecule has 0 amide bonds. The van der Waals surface area contributed by atoms with Crippen molar-refractivity contribution in [3.63, 3.8) is 0 Å². The Bertz CT molecular complexity index is 425. The number of hydrogen-bond donors (Lipinski definition) is 1. The van der Waals surface area contributed by atoms with E-state index in [1.165, 1.54) is 0 Å². The van der Waals surface area contributed by atoms with Gasteiger partial charge in [0.2, 0.25) is 0 Å². The summed E-state index contributed by atoms with van der Waals surface area (Å²) in [6.07, 6.45) is 0.806. The summed E-state index contributed by atoms with van der Waals surface area (Å²) in [7, 11) is 0. The first kappa shape index (κ1) is 10.9. The zero-order valence-electron chi connectivity index (χ0n) is 8.12. The second-order valence-corrected chi connectivity index (χ2v) is 4.55. The average Bonchev–Trinajstić information content (AvgIpc) is 2.46. The lowest BCUT2D eigenvalue weighted by Gasteiger charge is -2.23. The van der Waals surface area contributed by atoms with E-state index in [4.69, 9.17) is 11.6 Å². The van der Waals surface area contributed by atoms with Gasteiger partial charge in [0, 0.05) is 22.8 Å². The minimum Gasteiger partial charge on any atom is -0.759 e. The summed E-state index contributed by atoms with van der Waals surface area (Å²) in [6, 6.07) is 3.70. The van der Waals surface area contributed by atoms with Crippen molar-refractivity contribution in [1.29, 1.82) is 0 Å². The molecule has 1 atom stereocenters. The maximum absolute atomic E-state index is 10.6. The molecule has 6 heteroatoms. The molecule has 0 bridgehead atoms. The monoisotopic (exact) mass is 245 g/mol. The van der Waals surface area contributed by atoms with Crippen molar-refractivity contribution in [2.45, 2.75) is 13.3 Å². The molecule has 82 valence electrons. The first-order valence-corrected chi connectivity index (χ1v) is 5.95. The smallest absolute Gasteiger partial charge is 0.0592 e. The number of anilines is 1. The second-order valence-electron chi connectivity index (χ2n) is 3.46. The fourth-order valence-corrected chi connectivity index (χ4v) is 2.56. The molecular formula is C9H10ClN2O2S-. The van der Waals surface area contributed by atoms with Crippen LogP contribution < -0.4 is 9.84 Å². The Kier molecular flexibility index (Phi) is 2.97. The molecule has 0 saturated heterocycles. The van der Waals surface area contributed by atoms with E-state index in [1.807, 2.05) is 19.1 Å². The predicted octanol–water partition coefficient (Wildman–Crippen LogP) is 1.31. The molecule has 2 rings (SSSR count). The summed E-state index contributed by atoms with van der Waals surface area (Å²) in [5.41, 5.74) is 2.98. The average molecular weight is 246 g/mol. The molecule has 1 heterocycles. The summed E-state index contributed by atoms with van der Waals surface area (Å²) in [5.74, 6) is 0. The third-order valence-corrected chi connectivity index (χ3v) is 2.99.